The molecule has 1 aromatic heterocycles. The highest BCUT2D eigenvalue weighted by atomic mass is 35.5. The molecule has 1 rings (SSSR count). The second-order valence-electron chi connectivity index (χ2n) is 3.48. The Bertz CT molecular complexity index is 296. The van der Waals surface area contributed by atoms with E-state index in [-0.39, 0.29) is 6.04 Å². The van der Waals surface area contributed by atoms with E-state index in [0.717, 1.165) is 24.0 Å². The highest BCUT2D eigenvalue weighted by Crippen LogP contribution is 2.25. The Morgan fingerprint density at radius 3 is 2.87 bits per heavy atom. The number of pyridine rings is 1. The summed E-state index contributed by atoms with van der Waals surface area (Å²) in [7, 11) is 0. The third-order valence-electron chi connectivity index (χ3n) is 2.42. The number of nitrogens with two attached hydrogens (primary N) is 2. The van der Waals surface area contributed by atoms with Crippen molar-refractivity contribution in [1.29, 1.82) is 0 Å². The molecule has 5 heteroatoms. The second kappa shape index (κ2) is 5.90. The lowest BCUT2D eigenvalue weighted by molar-refractivity contribution is 0.509. The van der Waals surface area contributed by atoms with Gasteiger partial charge in [-0.05, 0) is 31.4 Å². The summed E-state index contributed by atoms with van der Waals surface area (Å²) in [6, 6.07) is 1.95. The first-order chi connectivity index (χ1) is 7.20. The molecule has 1 atom stereocenters. The van der Waals surface area contributed by atoms with Crippen molar-refractivity contribution in [2.45, 2.75) is 25.8 Å². The number of hydrogen-bond acceptors (Lipinski definition) is 4. The van der Waals surface area contributed by atoms with Crippen molar-refractivity contribution in [2.75, 3.05) is 11.6 Å². The fraction of sp³-hybridized carbons (Fsp3) is 0.500. The third kappa shape index (κ3) is 3.06. The Hall–Kier alpha value is -0.840. The summed E-state index contributed by atoms with van der Waals surface area (Å²) in [6.07, 6.45) is 3.45. The molecule has 0 aromatic carbocycles. The van der Waals surface area contributed by atoms with Crippen LogP contribution in [0.3, 0.4) is 0 Å². The number of hydrazine groups is 1. The molecule has 0 aliphatic rings. The standard InChI is InChI=1S/C10H17ClN4/c1-7-4-6-14-10(12)9(7)8(15-13)3-2-5-11/h4,6,8,15H,2-3,5,13H2,1H3,(H2,12,14). The van der Waals surface area contributed by atoms with Crippen LogP contribution in [0.1, 0.15) is 30.0 Å². The third-order valence-corrected chi connectivity index (χ3v) is 2.68. The van der Waals surface area contributed by atoms with E-state index in [1.807, 2.05) is 13.0 Å². The van der Waals surface area contributed by atoms with E-state index < -0.39 is 0 Å². The zero-order valence-electron chi connectivity index (χ0n) is 8.83. The minimum absolute atomic E-state index is 0.0254. The molecule has 0 saturated heterocycles. The van der Waals surface area contributed by atoms with Gasteiger partial charge < -0.3 is 5.73 Å². The maximum atomic E-state index is 5.83. The summed E-state index contributed by atoms with van der Waals surface area (Å²) in [4.78, 5) is 4.07. The Morgan fingerprint density at radius 2 is 2.33 bits per heavy atom. The minimum Gasteiger partial charge on any atom is -0.383 e. The number of aryl methyl sites for hydroxylation is 1. The lowest BCUT2D eigenvalue weighted by Crippen LogP contribution is -2.29. The summed E-state index contributed by atoms with van der Waals surface area (Å²) in [5, 5.41) is 0. The van der Waals surface area contributed by atoms with Gasteiger partial charge in [0.2, 0.25) is 0 Å². The van der Waals surface area contributed by atoms with E-state index in [1.54, 1.807) is 6.20 Å². The van der Waals surface area contributed by atoms with Crippen LogP contribution in [0.2, 0.25) is 0 Å². The van der Waals surface area contributed by atoms with Crippen molar-refractivity contribution < 1.29 is 0 Å². The number of hydrogen-bond donors (Lipinski definition) is 3. The highest BCUT2D eigenvalue weighted by Gasteiger charge is 2.15. The van der Waals surface area contributed by atoms with Crippen LogP contribution in [-0.4, -0.2) is 10.9 Å². The van der Waals surface area contributed by atoms with Gasteiger partial charge in [-0.1, -0.05) is 0 Å². The summed E-state index contributed by atoms with van der Waals surface area (Å²) < 4.78 is 0. The van der Waals surface area contributed by atoms with Crippen molar-refractivity contribution in [3.8, 4) is 0 Å². The average molecular weight is 229 g/mol. The quantitative estimate of drug-likeness (QED) is 0.406. The van der Waals surface area contributed by atoms with E-state index in [4.69, 9.17) is 23.2 Å². The van der Waals surface area contributed by atoms with Gasteiger partial charge >= 0.3 is 0 Å². The molecule has 0 saturated carbocycles. The molecular formula is C10H17ClN4. The number of aromatic nitrogens is 1. The van der Waals surface area contributed by atoms with Gasteiger partial charge in [-0.15, -0.1) is 11.6 Å². The summed E-state index contributed by atoms with van der Waals surface area (Å²) in [6.45, 7) is 2.00. The lowest BCUT2D eigenvalue weighted by Gasteiger charge is -2.19. The van der Waals surface area contributed by atoms with Crippen LogP contribution < -0.4 is 17.0 Å². The van der Waals surface area contributed by atoms with Gasteiger partial charge in [-0.25, -0.2) is 4.98 Å². The number of nitrogens with one attached hydrogen (secondary N) is 1. The fourth-order valence-corrected chi connectivity index (χ4v) is 1.79. The summed E-state index contributed by atoms with van der Waals surface area (Å²) in [5.41, 5.74) is 10.7. The topological polar surface area (TPSA) is 77.0 Å². The monoisotopic (exact) mass is 228 g/mol. The van der Waals surface area contributed by atoms with Crippen LogP contribution >= 0.6 is 11.6 Å². The zero-order chi connectivity index (χ0) is 11.3. The fourth-order valence-electron chi connectivity index (χ4n) is 1.64. The number of anilines is 1. The van der Waals surface area contributed by atoms with Crippen molar-refractivity contribution in [2.24, 2.45) is 5.84 Å². The SMILES string of the molecule is Cc1ccnc(N)c1C(CCCCl)NN. The second-order valence-corrected chi connectivity index (χ2v) is 3.86. The van der Waals surface area contributed by atoms with Crippen LogP contribution in [-0.2, 0) is 0 Å². The number of nitrogen functional groups attached to an aromatic ring is 1. The van der Waals surface area contributed by atoms with Gasteiger partial charge in [-0.2, -0.15) is 0 Å². The van der Waals surface area contributed by atoms with Crippen LogP contribution in [0.15, 0.2) is 12.3 Å². The molecule has 4 nitrogen and oxygen atoms in total. The molecule has 0 amide bonds. The Balaban J connectivity index is 2.90. The molecule has 1 heterocycles. The first-order valence-electron chi connectivity index (χ1n) is 4.93. The lowest BCUT2D eigenvalue weighted by atomic mass is 9.99. The van der Waals surface area contributed by atoms with Crippen molar-refractivity contribution in [3.63, 3.8) is 0 Å². The van der Waals surface area contributed by atoms with E-state index in [0.29, 0.717) is 11.7 Å². The van der Waals surface area contributed by atoms with Gasteiger partial charge in [0, 0.05) is 23.7 Å². The van der Waals surface area contributed by atoms with Gasteiger partial charge in [0.15, 0.2) is 0 Å². The minimum atomic E-state index is 0.0254. The molecule has 0 aliphatic heterocycles. The molecule has 0 bridgehead atoms. The largest absolute Gasteiger partial charge is 0.383 e. The molecule has 1 unspecified atom stereocenters. The first kappa shape index (κ1) is 12.2. The smallest absolute Gasteiger partial charge is 0.128 e. The molecular weight excluding hydrogens is 212 g/mol. The van der Waals surface area contributed by atoms with Crippen LogP contribution in [0.4, 0.5) is 5.82 Å². The molecule has 1 aromatic rings. The highest BCUT2D eigenvalue weighted by molar-refractivity contribution is 6.17. The molecule has 0 fully saturated rings. The normalized spacial score (nSPS) is 12.7. The van der Waals surface area contributed by atoms with E-state index >= 15 is 0 Å². The van der Waals surface area contributed by atoms with Crippen LogP contribution in [0.25, 0.3) is 0 Å². The summed E-state index contributed by atoms with van der Waals surface area (Å²) >= 11 is 5.65. The Kier molecular flexibility index (Phi) is 4.81. The number of rotatable bonds is 5. The van der Waals surface area contributed by atoms with Gasteiger partial charge in [-0.3, -0.25) is 11.3 Å². The van der Waals surface area contributed by atoms with Gasteiger partial charge in [0.25, 0.3) is 0 Å². The van der Waals surface area contributed by atoms with Crippen LogP contribution in [0.5, 0.6) is 0 Å². The van der Waals surface area contributed by atoms with Gasteiger partial charge in [0.1, 0.15) is 5.82 Å². The van der Waals surface area contributed by atoms with Crippen molar-refractivity contribution in [3.05, 3.63) is 23.4 Å². The first-order valence-corrected chi connectivity index (χ1v) is 5.47. The average Bonchev–Trinajstić information content (AvgIpc) is 2.22. The molecule has 15 heavy (non-hydrogen) atoms. The molecule has 0 spiro atoms. The number of alkyl halides is 1. The van der Waals surface area contributed by atoms with E-state index in [2.05, 4.69) is 10.4 Å². The predicted molar refractivity (Wildman–Crippen MR) is 63.4 cm³/mol. The van der Waals surface area contributed by atoms with Gasteiger partial charge in [0.05, 0.1) is 0 Å². The van der Waals surface area contributed by atoms with Crippen molar-refractivity contribution >= 4 is 17.4 Å². The molecule has 0 aliphatic carbocycles. The summed E-state index contributed by atoms with van der Waals surface area (Å²) in [5.74, 6) is 6.66. The number of halogens is 1. The number of nitrogens with zero attached hydrogens (tertiary/aromatic N) is 1. The van der Waals surface area contributed by atoms with E-state index in [9.17, 15) is 0 Å². The van der Waals surface area contributed by atoms with E-state index in [1.165, 1.54) is 0 Å². The molecule has 5 N–H and O–H groups in total. The molecule has 84 valence electrons. The Labute approximate surface area is 95.0 Å². The maximum Gasteiger partial charge on any atom is 0.128 e. The maximum absolute atomic E-state index is 5.83. The molecule has 0 radical (unpaired) electrons. The van der Waals surface area contributed by atoms with Crippen LogP contribution in [0, 0.1) is 6.92 Å². The van der Waals surface area contributed by atoms with Crippen molar-refractivity contribution in [1.82, 2.24) is 10.4 Å². The predicted octanol–water partition coefficient (Wildman–Crippen LogP) is 1.50. The zero-order valence-corrected chi connectivity index (χ0v) is 9.59. The Morgan fingerprint density at radius 1 is 1.60 bits per heavy atom.